The summed E-state index contributed by atoms with van der Waals surface area (Å²) in [4.78, 5) is 11.3. The molecule has 0 atom stereocenters. The topological polar surface area (TPSA) is 46.5 Å². The van der Waals surface area contributed by atoms with Gasteiger partial charge < -0.3 is 9.84 Å². The molecule has 0 unspecified atom stereocenters. The predicted octanol–water partition coefficient (Wildman–Crippen LogP) is 2.17. The Morgan fingerprint density at radius 3 is 2.57 bits per heavy atom. The Balaban J connectivity index is 3.39. The predicted molar refractivity (Wildman–Crippen MR) is 54.0 cm³/mol. The normalized spacial score (nSPS) is 9.93. The fraction of sp³-hybridized carbons (Fsp3) is 0.364. The lowest BCUT2D eigenvalue weighted by Gasteiger charge is -2.10. The minimum absolute atomic E-state index is 0.0562. The van der Waals surface area contributed by atoms with Crippen LogP contribution in [0.5, 0.6) is 11.5 Å². The largest absolute Gasteiger partial charge is 0.504 e. The number of aryl methyl sites for hydroxylation is 1. The van der Waals surface area contributed by atoms with Crippen molar-refractivity contribution < 1.29 is 14.6 Å². The molecule has 0 aliphatic carbocycles. The molecule has 14 heavy (non-hydrogen) atoms. The van der Waals surface area contributed by atoms with Crippen LogP contribution in [-0.2, 0) is 6.42 Å². The maximum Gasteiger partial charge on any atom is 0.168 e. The molecule has 0 aliphatic rings. The van der Waals surface area contributed by atoms with Gasteiger partial charge in [-0.2, -0.15) is 0 Å². The summed E-state index contributed by atoms with van der Waals surface area (Å²) in [6.45, 7) is 3.38. The first-order valence-electron chi connectivity index (χ1n) is 4.51. The summed E-state index contributed by atoms with van der Waals surface area (Å²) in [5.74, 6) is 0.144. The van der Waals surface area contributed by atoms with Crippen molar-refractivity contribution in [2.24, 2.45) is 0 Å². The van der Waals surface area contributed by atoms with Crippen LogP contribution in [0.15, 0.2) is 12.1 Å². The van der Waals surface area contributed by atoms with Gasteiger partial charge in [0, 0.05) is 0 Å². The number of phenolic OH excluding ortho intramolecular Hbond substituents is 1. The summed E-state index contributed by atoms with van der Waals surface area (Å²) in [5.41, 5.74) is 1.21. The number of carbonyl (C=O) groups is 1. The van der Waals surface area contributed by atoms with E-state index < -0.39 is 0 Å². The standard InChI is InChI=1S/C11H14O3/c1-4-8-5-6-9(14-3)11(13)10(8)7(2)12/h5-6,13H,4H2,1-3H3. The Hall–Kier alpha value is -1.51. The molecule has 0 heterocycles. The smallest absolute Gasteiger partial charge is 0.168 e. The van der Waals surface area contributed by atoms with Crippen LogP contribution in [0.2, 0.25) is 0 Å². The number of methoxy groups -OCH3 is 1. The van der Waals surface area contributed by atoms with E-state index in [9.17, 15) is 9.90 Å². The lowest BCUT2D eigenvalue weighted by molar-refractivity contribution is 0.101. The number of Topliss-reactive ketones (excluding diaryl/α,β-unsaturated/α-hetero) is 1. The van der Waals surface area contributed by atoms with E-state index in [0.29, 0.717) is 17.7 Å². The molecule has 1 aromatic carbocycles. The maximum atomic E-state index is 11.3. The highest BCUT2D eigenvalue weighted by Crippen LogP contribution is 2.32. The number of carbonyl (C=O) groups excluding carboxylic acids is 1. The van der Waals surface area contributed by atoms with Crippen molar-refractivity contribution in [3.63, 3.8) is 0 Å². The fourth-order valence-corrected chi connectivity index (χ4v) is 1.47. The van der Waals surface area contributed by atoms with Gasteiger partial charge in [0.05, 0.1) is 12.7 Å². The molecule has 0 saturated carbocycles. The Morgan fingerprint density at radius 2 is 2.14 bits per heavy atom. The maximum absolute atomic E-state index is 11.3. The average molecular weight is 194 g/mol. The minimum atomic E-state index is -0.141. The van der Waals surface area contributed by atoms with Gasteiger partial charge in [0.2, 0.25) is 0 Å². The Bertz CT molecular complexity index is 356. The van der Waals surface area contributed by atoms with Gasteiger partial charge in [-0.3, -0.25) is 4.79 Å². The van der Waals surface area contributed by atoms with Crippen LogP contribution in [0, 0.1) is 0 Å². The molecule has 76 valence electrons. The first-order valence-corrected chi connectivity index (χ1v) is 4.51. The van der Waals surface area contributed by atoms with Crippen LogP contribution in [-0.4, -0.2) is 18.0 Å². The second-order valence-corrected chi connectivity index (χ2v) is 3.06. The van der Waals surface area contributed by atoms with E-state index in [1.807, 2.05) is 6.92 Å². The molecule has 1 rings (SSSR count). The molecule has 3 nitrogen and oxygen atoms in total. The Morgan fingerprint density at radius 1 is 1.50 bits per heavy atom. The third-order valence-electron chi connectivity index (χ3n) is 2.18. The van der Waals surface area contributed by atoms with E-state index in [2.05, 4.69) is 0 Å². The number of benzene rings is 1. The number of ketones is 1. The summed E-state index contributed by atoms with van der Waals surface area (Å²) in [7, 11) is 1.46. The third-order valence-corrected chi connectivity index (χ3v) is 2.18. The van der Waals surface area contributed by atoms with Crippen LogP contribution in [0.3, 0.4) is 0 Å². The van der Waals surface area contributed by atoms with Crippen molar-refractivity contribution in [2.75, 3.05) is 7.11 Å². The molecule has 1 aromatic rings. The van der Waals surface area contributed by atoms with E-state index in [-0.39, 0.29) is 11.5 Å². The molecular weight excluding hydrogens is 180 g/mol. The lowest BCUT2D eigenvalue weighted by atomic mass is 10.0. The fourth-order valence-electron chi connectivity index (χ4n) is 1.47. The molecule has 0 saturated heterocycles. The lowest BCUT2D eigenvalue weighted by Crippen LogP contribution is -2.00. The zero-order chi connectivity index (χ0) is 10.7. The van der Waals surface area contributed by atoms with E-state index in [1.165, 1.54) is 14.0 Å². The highest BCUT2D eigenvalue weighted by atomic mass is 16.5. The first-order chi connectivity index (χ1) is 6.61. The number of hydrogen-bond donors (Lipinski definition) is 1. The van der Waals surface area contributed by atoms with Crippen molar-refractivity contribution in [1.82, 2.24) is 0 Å². The van der Waals surface area contributed by atoms with Gasteiger partial charge in [0.1, 0.15) is 0 Å². The van der Waals surface area contributed by atoms with E-state index in [0.717, 1.165) is 5.56 Å². The van der Waals surface area contributed by atoms with Crippen LogP contribution >= 0.6 is 0 Å². The van der Waals surface area contributed by atoms with Crippen molar-refractivity contribution in [1.29, 1.82) is 0 Å². The van der Waals surface area contributed by atoms with Gasteiger partial charge in [0.25, 0.3) is 0 Å². The zero-order valence-electron chi connectivity index (χ0n) is 8.63. The van der Waals surface area contributed by atoms with Gasteiger partial charge in [-0.1, -0.05) is 13.0 Å². The van der Waals surface area contributed by atoms with Gasteiger partial charge in [-0.15, -0.1) is 0 Å². The van der Waals surface area contributed by atoms with Crippen LogP contribution in [0.4, 0.5) is 0 Å². The van der Waals surface area contributed by atoms with Gasteiger partial charge in [-0.05, 0) is 25.0 Å². The van der Waals surface area contributed by atoms with E-state index in [4.69, 9.17) is 4.74 Å². The Kier molecular flexibility index (Phi) is 3.12. The van der Waals surface area contributed by atoms with Gasteiger partial charge in [0.15, 0.2) is 17.3 Å². The van der Waals surface area contributed by atoms with Crippen LogP contribution in [0.25, 0.3) is 0 Å². The summed E-state index contributed by atoms with van der Waals surface area (Å²) >= 11 is 0. The molecule has 0 aromatic heterocycles. The zero-order valence-corrected chi connectivity index (χ0v) is 8.63. The number of rotatable bonds is 3. The SMILES string of the molecule is CCc1ccc(OC)c(O)c1C(C)=O. The van der Waals surface area contributed by atoms with Crippen molar-refractivity contribution in [3.05, 3.63) is 23.3 Å². The molecule has 0 bridgehead atoms. The quantitative estimate of drug-likeness (QED) is 0.750. The van der Waals surface area contributed by atoms with E-state index >= 15 is 0 Å². The second kappa shape index (κ2) is 4.13. The minimum Gasteiger partial charge on any atom is -0.504 e. The molecule has 0 spiro atoms. The summed E-state index contributed by atoms with van der Waals surface area (Å²) < 4.78 is 4.93. The van der Waals surface area contributed by atoms with Crippen molar-refractivity contribution in [3.8, 4) is 11.5 Å². The molecule has 0 amide bonds. The number of hydrogen-bond acceptors (Lipinski definition) is 3. The van der Waals surface area contributed by atoms with Gasteiger partial charge in [-0.25, -0.2) is 0 Å². The monoisotopic (exact) mass is 194 g/mol. The molecule has 0 fully saturated rings. The number of phenols is 1. The van der Waals surface area contributed by atoms with Crippen molar-refractivity contribution >= 4 is 5.78 Å². The molecule has 1 N–H and O–H groups in total. The first kappa shape index (κ1) is 10.6. The number of ether oxygens (including phenoxy) is 1. The highest BCUT2D eigenvalue weighted by Gasteiger charge is 2.15. The third kappa shape index (κ3) is 1.71. The molecule has 0 aliphatic heterocycles. The molecule has 0 radical (unpaired) electrons. The summed E-state index contributed by atoms with van der Waals surface area (Å²) in [6.07, 6.45) is 0.715. The summed E-state index contributed by atoms with van der Waals surface area (Å²) in [6, 6.07) is 3.47. The molecular formula is C11H14O3. The Labute approximate surface area is 83.3 Å². The van der Waals surface area contributed by atoms with E-state index in [1.54, 1.807) is 12.1 Å². The van der Waals surface area contributed by atoms with Crippen LogP contribution < -0.4 is 4.74 Å². The second-order valence-electron chi connectivity index (χ2n) is 3.06. The van der Waals surface area contributed by atoms with Gasteiger partial charge >= 0.3 is 0 Å². The highest BCUT2D eigenvalue weighted by molar-refractivity contribution is 5.99. The number of aromatic hydroxyl groups is 1. The molecule has 3 heteroatoms. The average Bonchev–Trinajstić information content (AvgIpc) is 2.16. The van der Waals surface area contributed by atoms with Crippen molar-refractivity contribution in [2.45, 2.75) is 20.3 Å². The summed E-state index contributed by atoms with van der Waals surface area (Å²) in [5, 5.41) is 9.73. The van der Waals surface area contributed by atoms with Crippen LogP contribution in [0.1, 0.15) is 29.8 Å².